The molecule has 0 bridgehead atoms. The molecule has 0 saturated carbocycles. The van der Waals surface area contributed by atoms with Gasteiger partial charge in [0.15, 0.2) is 5.76 Å². The molecule has 8 nitrogen and oxygen atoms in total. The Labute approximate surface area is 175 Å². The molecular formula is C21H23N3O5S. The highest BCUT2D eigenvalue weighted by Gasteiger charge is 2.24. The van der Waals surface area contributed by atoms with Gasteiger partial charge in [-0.2, -0.15) is 0 Å². The maximum atomic E-state index is 12.9. The van der Waals surface area contributed by atoms with E-state index in [1.807, 2.05) is 13.8 Å². The summed E-state index contributed by atoms with van der Waals surface area (Å²) in [6.45, 7) is 5.48. The molecule has 0 radical (unpaired) electrons. The average molecular weight is 429 g/mol. The van der Waals surface area contributed by atoms with E-state index >= 15 is 0 Å². The summed E-state index contributed by atoms with van der Waals surface area (Å²) in [4.78, 5) is 12.9. The van der Waals surface area contributed by atoms with Crippen LogP contribution in [0, 0.1) is 6.92 Å². The van der Waals surface area contributed by atoms with Crippen molar-refractivity contribution in [3.8, 4) is 5.75 Å². The summed E-state index contributed by atoms with van der Waals surface area (Å²) in [5, 5.41) is 6.63. The highest BCUT2D eigenvalue weighted by Crippen LogP contribution is 2.28. The molecule has 9 heteroatoms. The molecule has 0 fully saturated rings. The largest absolute Gasteiger partial charge is 0.497 e. The Hall–Kier alpha value is -3.33. The number of methoxy groups -OCH3 is 1. The average Bonchev–Trinajstić information content (AvgIpc) is 3.11. The van der Waals surface area contributed by atoms with Gasteiger partial charge in [0.2, 0.25) is 0 Å². The topological polar surface area (TPSA) is 111 Å². The summed E-state index contributed by atoms with van der Waals surface area (Å²) >= 11 is 0. The number of nitrogens with zero attached hydrogens (tertiary/aromatic N) is 1. The second-order valence-electron chi connectivity index (χ2n) is 6.94. The van der Waals surface area contributed by atoms with Crippen molar-refractivity contribution >= 4 is 27.3 Å². The number of para-hydroxylation sites is 2. The maximum Gasteiger partial charge on any atom is 0.261 e. The van der Waals surface area contributed by atoms with Crippen molar-refractivity contribution in [2.45, 2.75) is 31.6 Å². The Balaban J connectivity index is 1.88. The fourth-order valence-electron chi connectivity index (χ4n) is 2.88. The normalized spacial score (nSPS) is 11.4. The van der Waals surface area contributed by atoms with Crippen LogP contribution in [0.4, 0.5) is 11.4 Å². The van der Waals surface area contributed by atoms with Crippen molar-refractivity contribution < 1.29 is 22.5 Å². The molecule has 2 aromatic carbocycles. The van der Waals surface area contributed by atoms with E-state index in [2.05, 4.69) is 15.2 Å². The van der Waals surface area contributed by atoms with E-state index < -0.39 is 15.9 Å². The maximum absolute atomic E-state index is 12.9. The SMILES string of the molecule is COc1ccc(S(=O)(=O)Nc2ccccc2NC(=O)c2c(C)noc2C(C)C)cc1. The number of hydrogen-bond donors (Lipinski definition) is 2. The molecule has 0 aliphatic rings. The van der Waals surface area contributed by atoms with E-state index in [-0.39, 0.29) is 16.5 Å². The lowest BCUT2D eigenvalue weighted by Gasteiger charge is -2.14. The zero-order chi connectivity index (χ0) is 21.9. The summed E-state index contributed by atoms with van der Waals surface area (Å²) in [5.74, 6) is 0.567. The van der Waals surface area contributed by atoms with Crippen molar-refractivity contribution in [1.82, 2.24) is 5.16 Å². The van der Waals surface area contributed by atoms with E-state index in [1.54, 1.807) is 43.3 Å². The number of carbonyl (C=O) groups excluding carboxylic acids is 1. The zero-order valence-corrected chi connectivity index (χ0v) is 17.9. The van der Waals surface area contributed by atoms with Gasteiger partial charge in [0.1, 0.15) is 11.3 Å². The summed E-state index contributed by atoms with van der Waals surface area (Å²) < 4.78 is 38.4. The number of rotatable bonds is 7. The van der Waals surface area contributed by atoms with Gasteiger partial charge in [-0.25, -0.2) is 8.42 Å². The molecule has 0 spiro atoms. The lowest BCUT2D eigenvalue weighted by Crippen LogP contribution is -2.18. The highest BCUT2D eigenvalue weighted by atomic mass is 32.2. The molecule has 1 amide bonds. The summed E-state index contributed by atoms with van der Waals surface area (Å²) in [6, 6.07) is 12.6. The molecular weight excluding hydrogens is 406 g/mol. The minimum atomic E-state index is -3.87. The Kier molecular flexibility index (Phi) is 6.12. The number of sulfonamides is 1. The molecule has 1 aromatic heterocycles. The number of benzene rings is 2. The third-order valence-corrected chi connectivity index (χ3v) is 5.81. The first-order chi connectivity index (χ1) is 14.2. The molecule has 1 heterocycles. The van der Waals surface area contributed by atoms with Crippen molar-refractivity contribution in [2.24, 2.45) is 0 Å². The molecule has 0 unspecified atom stereocenters. The van der Waals surface area contributed by atoms with Gasteiger partial charge >= 0.3 is 0 Å². The van der Waals surface area contributed by atoms with Crippen LogP contribution in [0.5, 0.6) is 5.75 Å². The van der Waals surface area contributed by atoms with E-state index in [9.17, 15) is 13.2 Å². The lowest BCUT2D eigenvalue weighted by molar-refractivity contribution is 0.102. The van der Waals surface area contributed by atoms with Gasteiger partial charge in [0, 0.05) is 5.92 Å². The number of aromatic nitrogens is 1. The van der Waals surface area contributed by atoms with Gasteiger partial charge in [0.25, 0.3) is 15.9 Å². The van der Waals surface area contributed by atoms with Crippen molar-refractivity contribution in [2.75, 3.05) is 17.1 Å². The second kappa shape index (κ2) is 8.58. The zero-order valence-electron chi connectivity index (χ0n) is 17.1. The second-order valence-corrected chi connectivity index (χ2v) is 8.63. The van der Waals surface area contributed by atoms with Crippen molar-refractivity contribution in [1.29, 1.82) is 0 Å². The van der Waals surface area contributed by atoms with E-state index in [0.717, 1.165) is 0 Å². The first kappa shape index (κ1) is 21.4. The monoisotopic (exact) mass is 429 g/mol. The van der Waals surface area contributed by atoms with Crippen LogP contribution < -0.4 is 14.8 Å². The third-order valence-electron chi connectivity index (χ3n) is 4.43. The number of ether oxygens (including phenoxy) is 1. The van der Waals surface area contributed by atoms with Crippen molar-refractivity contribution in [3.05, 3.63) is 65.5 Å². The van der Waals surface area contributed by atoms with Gasteiger partial charge < -0.3 is 14.6 Å². The van der Waals surface area contributed by atoms with Crippen LogP contribution in [-0.4, -0.2) is 26.6 Å². The molecule has 2 N–H and O–H groups in total. The minimum absolute atomic E-state index is 0.0317. The Morgan fingerprint density at radius 1 is 1.07 bits per heavy atom. The molecule has 0 atom stereocenters. The summed E-state index contributed by atoms with van der Waals surface area (Å²) in [7, 11) is -2.37. The lowest BCUT2D eigenvalue weighted by atomic mass is 10.0. The predicted octanol–water partition coefficient (Wildman–Crippen LogP) is 4.17. The number of nitrogens with one attached hydrogen (secondary N) is 2. The van der Waals surface area contributed by atoms with E-state index in [1.165, 1.54) is 19.2 Å². The molecule has 3 aromatic rings. The van der Waals surface area contributed by atoms with Gasteiger partial charge in [-0.3, -0.25) is 9.52 Å². The number of anilines is 2. The van der Waals surface area contributed by atoms with Crippen LogP contribution in [0.15, 0.2) is 57.9 Å². The Morgan fingerprint density at radius 2 is 1.70 bits per heavy atom. The fourth-order valence-corrected chi connectivity index (χ4v) is 3.96. The van der Waals surface area contributed by atoms with Gasteiger partial charge in [-0.1, -0.05) is 31.1 Å². The first-order valence-electron chi connectivity index (χ1n) is 9.26. The molecule has 0 saturated heterocycles. The quantitative estimate of drug-likeness (QED) is 0.583. The van der Waals surface area contributed by atoms with Gasteiger partial charge in [-0.15, -0.1) is 0 Å². The van der Waals surface area contributed by atoms with Crippen LogP contribution in [0.1, 0.15) is 41.6 Å². The van der Waals surface area contributed by atoms with Gasteiger partial charge in [0.05, 0.1) is 29.1 Å². The van der Waals surface area contributed by atoms with Crippen LogP contribution >= 0.6 is 0 Å². The smallest absolute Gasteiger partial charge is 0.261 e. The molecule has 0 aliphatic carbocycles. The van der Waals surface area contributed by atoms with E-state index in [4.69, 9.17) is 9.26 Å². The summed E-state index contributed by atoms with van der Waals surface area (Å²) in [5.41, 5.74) is 1.36. The van der Waals surface area contributed by atoms with Crippen LogP contribution in [0.2, 0.25) is 0 Å². The predicted molar refractivity (Wildman–Crippen MR) is 114 cm³/mol. The third kappa shape index (κ3) is 4.46. The first-order valence-corrected chi connectivity index (χ1v) is 10.7. The van der Waals surface area contributed by atoms with Crippen LogP contribution in [-0.2, 0) is 10.0 Å². The van der Waals surface area contributed by atoms with E-state index in [0.29, 0.717) is 28.5 Å². The number of carbonyl (C=O) groups is 1. The number of hydrogen-bond acceptors (Lipinski definition) is 6. The number of amides is 1. The van der Waals surface area contributed by atoms with Crippen molar-refractivity contribution in [3.63, 3.8) is 0 Å². The Bertz CT molecular complexity index is 1150. The fraction of sp³-hybridized carbons (Fsp3) is 0.238. The molecule has 158 valence electrons. The van der Waals surface area contributed by atoms with Crippen LogP contribution in [0.25, 0.3) is 0 Å². The standard InChI is InChI=1S/C21H23N3O5S/c1-13(2)20-19(14(3)23-29-20)21(25)22-17-7-5-6-8-18(17)24-30(26,27)16-11-9-15(28-4)10-12-16/h5-13,24H,1-4H3,(H,22,25). The van der Waals surface area contributed by atoms with Crippen LogP contribution in [0.3, 0.4) is 0 Å². The highest BCUT2D eigenvalue weighted by molar-refractivity contribution is 7.92. The number of aryl methyl sites for hydroxylation is 1. The molecule has 3 rings (SSSR count). The molecule has 0 aliphatic heterocycles. The summed E-state index contributed by atoms with van der Waals surface area (Å²) in [6.07, 6.45) is 0. The Morgan fingerprint density at radius 3 is 2.30 bits per heavy atom. The minimum Gasteiger partial charge on any atom is -0.497 e. The molecule has 30 heavy (non-hydrogen) atoms. The van der Waals surface area contributed by atoms with Gasteiger partial charge in [-0.05, 0) is 43.3 Å².